The molecule has 3 heterocycles. The van der Waals surface area contributed by atoms with Gasteiger partial charge in [-0.2, -0.15) is 0 Å². The van der Waals surface area contributed by atoms with Gasteiger partial charge in [0.25, 0.3) is 0 Å². The zero-order chi connectivity index (χ0) is 21.1. The first-order valence-corrected chi connectivity index (χ1v) is 11.7. The third kappa shape index (κ3) is 2.68. The fourth-order valence-electron chi connectivity index (χ4n) is 4.76. The number of hydrogen-bond donors (Lipinski definition) is 0. The molecule has 0 unspecified atom stereocenters. The topological polar surface area (TPSA) is 14.8 Å². The van der Waals surface area contributed by atoms with Gasteiger partial charge in [-0.3, -0.25) is 0 Å². The molecule has 4 heteroatoms. The zero-order valence-corrected chi connectivity index (χ0v) is 18.7. The molecule has 0 atom stereocenters. The van der Waals surface area contributed by atoms with Crippen LogP contribution in [0.3, 0.4) is 0 Å². The molecule has 31 heavy (non-hydrogen) atoms. The Morgan fingerprint density at radius 1 is 0.452 bits per heavy atom. The summed E-state index contributed by atoms with van der Waals surface area (Å²) in [7, 11) is 6.22. The van der Waals surface area contributed by atoms with Crippen LogP contribution in [0.15, 0.2) is 106 Å². The Morgan fingerprint density at radius 3 is 1.06 bits per heavy atom. The van der Waals surface area contributed by atoms with E-state index in [1.807, 2.05) is 0 Å². The standard InChI is InChI=1S/C27H24N3S/c1-28-16-25(19-10-4-7-13-22(19)28)31(26-17-29(2)23-14-8-5-11-20(23)26)27-18-30(3)24-15-9-6-12-21(24)27/h4-18H,1-3H3/q+1. The molecule has 152 valence electrons. The summed E-state index contributed by atoms with van der Waals surface area (Å²) in [5.74, 6) is 0. The average molecular weight is 423 g/mol. The fourth-order valence-corrected chi connectivity index (χ4v) is 7.44. The van der Waals surface area contributed by atoms with Gasteiger partial charge < -0.3 is 13.7 Å². The number of hydrogen-bond acceptors (Lipinski definition) is 0. The Kier molecular flexibility index (Phi) is 4.05. The molecule has 0 amide bonds. The van der Waals surface area contributed by atoms with Gasteiger partial charge in [-0.25, -0.2) is 0 Å². The van der Waals surface area contributed by atoms with Crippen LogP contribution in [0.1, 0.15) is 0 Å². The maximum Gasteiger partial charge on any atom is 0.192 e. The molecule has 3 aromatic carbocycles. The Labute approximate surface area is 184 Å². The molecule has 0 aliphatic heterocycles. The van der Waals surface area contributed by atoms with Gasteiger partial charge in [0, 0.05) is 21.1 Å². The van der Waals surface area contributed by atoms with E-state index in [1.165, 1.54) is 47.4 Å². The number of aryl methyl sites for hydroxylation is 3. The number of para-hydroxylation sites is 3. The van der Waals surface area contributed by atoms with Gasteiger partial charge in [-0.05, 0) is 36.4 Å². The summed E-state index contributed by atoms with van der Waals surface area (Å²) in [6.45, 7) is 0. The van der Waals surface area contributed by atoms with E-state index in [1.54, 1.807) is 0 Å². The van der Waals surface area contributed by atoms with Crippen LogP contribution in [-0.4, -0.2) is 13.7 Å². The summed E-state index contributed by atoms with van der Waals surface area (Å²) in [6.07, 6.45) is 6.99. The molecule has 0 aliphatic rings. The van der Waals surface area contributed by atoms with Crippen LogP contribution < -0.4 is 0 Å². The predicted octanol–water partition coefficient (Wildman–Crippen LogP) is 6.26. The van der Waals surface area contributed by atoms with Crippen molar-refractivity contribution in [3.05, 3.63) is 91.4 Å². The second kappa shape index (κ2) is 6.82. The third-order valence-corrected chi connectivity index (χ3v) is 8.54. The van der Waals surface area contributed by atoms with Gasteiger partial charge in [0.15, 0.2) is 14.7 Å². The molecule has 0 N–H and O–H groups in total. The molecule has 0 spiro atoms. The van der Waals surface area contributed by atoms with Crippen LogP contribution in [0.4, 0.5) is 0 Å². The molecule has 0 saturated heterocycles. The van der Waals surface area contributed by atoms with Crippen molar-refractivity contribution in [2.45, 2.75) is 14.7 Å². The lowest BCUT2D eigenvalue weighted by molar-refractivity contribution is 0.948. The van der Waals surface area contributed by atoms with E-state index in [4.69, 9.17) is 0 Å². The summed E-state index contributed by atoms with van der Waals surface area (Å²) in [5, 5.41) is 3.98. The van der Waals surface area contributed by atoms with E-state index in [9.17, 15) is 0 Å². The van der Waals surface area contributed by atoms with Crippen molar-refractivity contribution in [2.75, 3.05) is 0 Å². The number of rotatable bonds is 3. The Morgan fingerprint density at radius 2 is 0.742 bits per heavy atom. The van der Waals surface area contributed by atoms with Crippen LogP contribution in [-0.2, 0) is 32.0 Å². The van der Waals surface area contributed by atoms with Crippen molar-refractivity contribution >= 4 is 43.6 Å². The van der Waals surface area contributed by atoms with E-state index in [0.717, 1.165) is 0 Å². The summed E-state index contributed by atoms with van der Waals surface area (Å²) in [5.41, 5.74) is 3.82. The normalized spacial score (nSPS) is 12.0. The lowest BCUT2D eigenvalue weighted by atomic mass is 10.2. The lowest BCUT2D eigenvalue weighted by Gasteiger charge is -2.05. The summed E-state index contributed by atoms with van der Waals surface area (Å²) in [4.78, 5) is 4.14. The molecule has 3 nitrogen and oxygen atoms in total. The van der Waals surface area contributed by atoms with Crippen molar-refractivity contribution in [1.29, 1.82) is 0 Å². The molecule has 3 aromatic heterocycles. The van der Waals surface area contributed by atoms with Crippen LogP contribution >= 0.6 is 0 Å². The van der Waals surface area contributed by atoms with Crippen LogP contribution in [0.2, 0.25) is 0 Å². The number of fused-ring (bicyclic) bond motifs is 3. The van der Waals surface area contributed by atoms with Crippen molar-refractivity contribution in [3.8, 4) is 0 Å². The Hall–Kier alpha value is -3.37. The minimum atomic E-state index is -0.238. The number of aromatic nitrogens is 3. The van der Waals surface area contributed by atoms with E-state index >= 15 is 0 Å². The predicted molar refractivity (Wildman–Crippen MR) is 131 cm³/mol. The maximum atomic E-state index is 2.33. The molecular formula is C27H24N3S+. The van der Waals surface area contributed by atoms with Gasteiger partial charge in [-0.15, -0.1) is 0 Å². The van der Waals surface area contributed by atoms with Crippen molar-refractivity contribution in [2.24, 2.45) is 21.1 Å². The third-order valence-electron chi connectivity index (χ3n) is 6.24. The quantitative estimate of drug-likeness (QED) is 0.299. The maximum absolute atomic E-state index is 2.33. The first-order valence-electron chi connectivity index (χ1n) is 10.5. The van der Waals surface area contributed by atoms with Crippen LogP contribution in [0, 0.1) is 0 Å². The highest BCUT2D eigenvalue weighted by Crippen LogP contribution is 2.42. The summed E-state index contributed by atoms with van der Waals surface area (Å²) >= 11 is 0. The first kappa shape index (κ1) is 18.4. The lowest BCUT2D eigenvalue weighted by Crippen LogP contribution is -2.04. The Bertz CT molecular complexity index is 1390. The molecular weight excluding hydrogens is 398 g/mol. The fraction of sp³-hybridized carbons (Fsp3) is 0.111. The summed E-state index contributed by atoms with van der Waals surface area (Å²) in [6, 6.07) is 26.3. The van der Waals surface area contributed by atoms with Crippen molar-refractivity contribution < 1.29 is 0 Å². The first-order chi connectivity index (χ1) is 15.1. The smallest absolute Gasteiger partial charge is 0.192 e. The highest BCUT2D eigenvalue weighted by Gasteiger charge is 2.37. The zero-order valence-electron chi connectivity index (χ0n) is 17.9. The van der Waals surface area contributed by atoms with Crippen molar-refractivity contribution in [1.82, 2.24) is 13.7 Å². The monoisotopic (exact) mass is 422 g/mol. The molecule has 0 aliphatic carbocycles. The minimum absolute atomic E-state index is 0.238. The largest absolute Gasteiger partial charge is 0.346 e. The SMILES string of the molecule is Cn1cc([S+](c2cn(C)c3ccccc23)c2cn(C)c3ccccc23)c2ccccc21. The summed E-state index contributed by atoms with van der Waals surface area (Å²) < 4.78 is 6.79. The van der Waals surface area contributed by atoms with Gasteiger partial charge >= 0.3 is 0 Å². The van der Waals surface area contributed by atoms with Gasteiger partial charge in [0.2, 0.25) is 0 Å². The second-order valence-electron chi connectivity index (χ2n) is 8.17. The number of benzene rings is 3. The molecule has 6 rings (SSSR count). The van der Waals surface area contributed by atoms with E-state index < -0.39 is 0 Å². The van der Waals surface area contributed by atoms with E-state index in [0.29, 0.717) is 0 Å². The highest BCUT2D eigenvalue weighted by atomic mass is 32.2. The minimum Gasteiger partial charge on any atom is -0.346 e. The van der Waals surface area contributed by atoms with Gasteiger partial charge in [-0.1, -0.05) is 36.4 Å². The molecule has 0 bridgehead atoms. The van der Waals surface area contributed by atoms with Crippen LogP contribution in [0.25, 0.3) is 32.7 Å². The Balaban J connectivity index is 1.74. The van der Waals surface area contributed by atoms with Gasteiger partial charge in [0.1, 0.15) is 10.9 Å². The second-order valence-corrected chi connectivity index (χ2v) is 10.1. The van der Waals surface area contributed by atoms with Crippen molar-refractivity contribution in [3.63, 3.8) is 0 Å². The number of nitrogens with zero attached hydrogens (tertiary/aromatic N) is 3. The van der Waals surface area contributed by atoms with Crippen LogP contribution in [0.5, 0.6) is 0 Å². The van der Waals surface area contributed by atoms with E-state index in [2.05, 4.69) is 126 Å². The molecule has 0 fully saturated rings. The molecule has 6 aromatic rings. The van der Waals surface area contributed by atoms with E-state index in [-0.39, 0.29) is 10.9 Å². The average Bonchev–Trinajstić information content (AvgIpc) is 3.43. The van der Waals surface area contributed by atoms with Gasteiger partial charge in [0.05, 0.1) is 51.3 Å². The molecule has 0 saturated carbocycles. The molecule has 0 radical (unpaired) electrons. The highest BCUT2D eigenvalue weighted by molar-refractivity contribution is 7.97.